The summed E-state index contributed by atoms with van der Waals surface area (Å²) in [6, 6.07) is -0.289. The Hall–Kier alpha value is -1.06. The first-order valence-corrected chi connectivity index (χ1v) is 6.42. The predicted molar refractivity (Wildman–Crippen MR) is 67.5 cm³/mol. The number of piperazine rings is 1. The zero-order chi connectivity index (χ0) is 13.2. The van der Waals surface area contributed by atoms with E-state index in [1.807, 2.05) is 6.92 Å². The first kappa shape index (κ1) is 14.0. The number of hydrogen-bond acceptors (Lipinski definition) is 2. The van der Waals surface area contributed by atoms with Crippen LogP contribution in [-0.2, 0) is 9.59 Å². The van der Waals surface area contributed by atoms with Crippen molar-refractivity contribution in [2.45, 2.75) is 59.0 Å². The third kappa shape index (κ3) is 2.99. The van der Waals surface area contributed by atoms with Gasteiger partial charge >= 0.3 is 0 Å². The van der Waals surface area contributed by atoms with Gasteiger partial charge in [0.15, 0.2) is 0 Å². The van der Waals surface area contributed by atoms with E-state index < -0.39 is 5.54 Å². The Labute approximate surface area is 104 Å². The highest BCUT2D eigenvalue weighted by Crippen LogP contribution is 2.21. The van der Waals surface area contributed by atoms with Crippen LogP contribution in [0.4, 0.5) is 0 Å². The van der Waals surface area contributed by atoms with Crippen LogP contribution in [-0.4, -0.2) is 34.8 Å². The van der Waals surface area contributed by atoms with Crippen LogP contribution in [0, 0.1) is 5.92 Å². The van der Waals surface area contributed by atoms with Crippen molar-refractivity contribution < 1.29 is 9.59 Å². The van der Waals surface area contributed by atoms with Gasteiger partial charge in [-0.2, -0.15) is 0 Å². The van der Waals surface area contributed by atoms with Crippen LogP contribution in [0.1, 0.15) is 47.5 Å². The molecule has 1 atom stereocenters. The quantitative estimate of drug-likeness (QED) is 0.810. The Morgan fingerprint density at radius 2 is 1.94 bits per heavy atom. The van der Waals surface area contributed by atoms with E-state index in [1.165, 1.54) is 0 Å². The van der Waals surface area contributed by atoms with Gasteiger partial charge in [-0.3, -0.25) is 9.59 Å². The number of nitrogens with zero attached hydrogens (tertiary/aromatic N) is 1. The van der Waals surface area contributed by atoms with Crippen molar-refractivity contribution in [2.75, 3.05) is 6.54 Å². The van der Waals surface area contributed by atoms with E-state index in [4.69, 9.17) is 0 Å². The van der Waals surface area contributed by atoms with E-state index in [0.29, 0.717) is 12.5 Å². The van der Waals surface area contributed by atoms with E-state index in [1.54, 1.807) is 18.7 Å². The van der Waals surface area contributed by atoms with Crippen molar-refractivity contribution in [3.63, 3.8) is 0 Å². The number of nitrogens with one attached hydrogen (secondary N) is 1. The molecule has 0 saturated carbocycles. The molecule has 1 rings (SSSR count). The lowest BCUT2D eigenvalue weighted by molar-refractivity contribution is -0.154. The van der Waals surface area contributed by atoms with E-state index >= 15 is 0 Å². The molecule has 1 aliphatic rings. The molecule has 4 heteroatoms. The van der Waals surface area contributed by atoms with Gasteiger partial charge in [0.05, 0.1) is 0 Å². The third-order valence-electron chi connectivity index (χ3n) is 3.03. The van der Waals surface area contributed by atoms with Crippen LogP contribution >= 0.6 is 0 Å². The third-order valence-corrected chi connectivity index (χ3v) is 3.03. The molecule has 0 aromatic heterocycles. The zero-order valence-corrected chi connectivity index (χ0v) is 11.5. The second kappa shape index (κ2) is 5.07. The van der Waals surface area contributed by atoms with Crippen LogP contribution in [0.15, 0.2) is 0 Å². The smallest absolute Gasteiger partial charge is 0.248 e. The van der Waals surface area contributed by atoms with Gasteiger partial charge in [0, 0.05) is 6.54 Å². The molecule has 0 spiro atoms. The summed E-state index contributed by atoms with van der Waals surface area (Å²) in [7, 11) is 0. The molecule has 1 heterocycles. The molecule has 0 aromatic carbocycles. The number of amides is 2. The van der Waals surface area contributed by atoms with Gasteiger partial charge < -0.3 is 10.2 Å². The molecule has 1 N–H and O–H groups in total. The summed E-state index contributed by atoms with van der Waals surface area (Å²) in [5.41, 5.74) is -0.768. The molecule has 1 aliphatic heterocycles. The molecule has 1 fully saturated rings. The average Bonchev–Trinajstić information content (AvgIpc) is 2.19. The molecule has 1 saturated heterocycles. The summed E-state index contributed by atoms with van der Waals surface area (Å²) in [5.74, 6) is 0.390. The maximum absolute atomic E-state index is 12.3. The fourth-order valence-corrected chi connectivity index (χ4v) is 2.25. The summed E-state index contributed by atoms with van der Waals surface area (Å²) in [4.78, 5) is 26.1. The second-order valence-corrected chi connectivity index (χ2v) is 5.77. The van der Waals surface area contributed by atoms with Crippen LogP contribution in [0.2, 0.25) is 0 Å². The zero-order valence-electron chi connectivity index (χ0n) is 11.5. The Morgan fingerprint density at radius 1 is 1.35 bits per heavy atom. The first-order chi connectivity index (χ1) is 7.79. The fourth-order valence-electron chi connectivity index (χ4n) is 2.25. The molecular formula is C13H24N2O2. The van der Waals surface area contributed by atoms with Gasteiger partial charge in [-0.25, -0.2) is 0 Å². The molecule has 0 radical (unpaired) electrons. The Bertz CT molecular complexity index is 311. The number of hydrogen-bond donors (Lipinski definition) is 1. The minimum Gasteiger partial charge on any atom is -0.340 e. The van der Waals surface area contributed by atoms with Crippen LogP contribution in [0.25, 0.3) is 0 Å². The van der Waals surface area contributed by atoms with Crippen LogP contribution in [0.3, 0.4) is 0 Å². The topological polar surface area (TPSA) is 49.4 Å². The van der Waals surface area contributed by atoms with Crippen molar-refractivity contribution >= 4 is 11.8 Å². The van der Waals surface area contributed by atoms with Crippen molar-refractivity contribution in [3.8, 4) is 0 Å². The lowest BCUT2D eigenvalue weighted by atomic mass is 9.94. The van der Waals surface area contributed by atoms with Gasteiger partial charge in [-0.15, -0.1) is 0 Å². The van der Waals surface area contributed by atoms with Gasteiger partial charge in [0.25, 0.3) is 0 Å². The van der Waals surface area contributed by atoms with Crippen molar-refractivity contribution in [3.05, 3.63) is 0 Å². The predicted octanol–water partition coefficient (Wildman–Crippen LogP) is 1.55. The summed E-state index contributed by atoms with van der Waals surface area (Å²) in [5, 5.41) is 2.81. The molecular weight excluding hydrogens is 216 g/mol. The molecule has 17 heavy (non-hydrogen) atoms. The fraction of sp³-hybridized carbons (Fsp3) is 0.846. The minimum absolute atomic E-state index is 0.0166. The van der Waals surface area contributed by atoms with Crippen LogP contribution in [0.5, 0.6) is 0 Å². The monoisotopic (exact) mass is 240 g/mol. The van der Waals surface area contributed by atoms with E-state index in [2.05, 4.69) is 19.2 Å². The van der Waals surface area contributed by atoms with Crippen molar-refractivity contribution in [1.82, 2.24) is 10.2 Å². The van der Waals surface area contributed by atoms with E-state index in [9.17, 15) is 9.59 Å². The molecule has 0 bridgehead atoms. The largest absolute Gasteiger partial charge is 0.340 e. The molecule has 1 unspecified atom stereocenters. The molecule has 0 aromatic rings. The molecule has 0 aliphatic carbocycles. The average molecular weight is 240 g/mol. The Kier molecular flexibility index (Phi) is 4.17. The highest BCUT2D eigenvalue weighted by Gasteiger charge is 2.44. The normalized spacial score (nSPS) is 24.1. The van der Waals surface area contributed by atoms with Crippen molar-refractivity contribution in [1.29, 1.82) is 0 Å². The highest BCUT2D eigenvalue weighted by molar-refractivity contribution is 5.99. The SMILES string of the molecule is CCCC1C(=O)NC(C)(C)C(=O)N1CC(C)C. The molecule has 4 nitrogen and oxygen atoms in total. The van der Waals surface area contributed by atoms with Gasteiger partial charge in [0.2, 0.25) is 11.8 Å². The van der Waals surface area contributed by atoms with E-state index in [-0.39, 0.29) is 17.9 Å². The standard InChI is InChI=1S/C13H24N2O2/c1-6-7-10-11(16)14-13(4,5)12(17)15(10)8-9(2)3/h9-10H,6-8H2,1-5H3,(H,14,16). The molecule has 98 valence electrons. The Morgan fingerprint density at radius 3 is 2.41 bits per heavy atom. The maximum atomic E-state index is 12.3. The highest BCUT2D eigenvalue weighted by atomic mass is 16.2. The first-order valence-electron chi connectivity index (χ1n) is 6.42. The van der Waals surface area contributed by atoms with Gasteiger partial charge in [-0.1, -0.05) is 27.2 Å². The summed E-state index contributed by atoms with van der Waals surface area (Å²) in [6.07, 6.45) is 1.64. The summed E-state index contributed by atoms with van der Waals surface area (Å²) < 4.78 is 0. The number of rotatable bonds is 4. The minimum atomic E-state index is -0.768. The lowest BCUT2D eigenvalue weighted by Crippen LogP contribution is -2.68. The number of carbonyl (C=O) groups excluding carboxylic acids is 2. The van der Waals surface area contributed by atoms with Crippen LogP contribution < -0.4 is 5.32 Å². The van der Waals surface area contributed by atoms with Gasteiger partial charge in [-0.05, 0) is 26.2 Å². The summed E-state index contributed by atoms with van der Waals surface area (Å²) >= 11 is 0. The van der Waals surface area contributed by atoms with Crippen molar-refractivity contribution in [2.24, 2.45) is 5.92 Å². The van der Waals surface area contributed by atoms with Gasteiger partial charge in [0.1, 0.15) is 11.6 Å². The van der Waals surface area contributed by atoms with E-state index in [0.717, 1.165) is 12.8 Å². The lowest BCUT2D eigenvalue weighted by Gasteiger charge is -2.43. The number of carbonyl (C=O) groups is 2. The maximum Gasteiger partial charge on any atom is 0.248 e. The Balaban J connectivity index is 2.95. The molecule has 2 amide bonds. The second-order valence-electron chi connectivity index (χ2n) is 5.77. The summed E-state index contributed by atoms with van der Waals surface area (Å²) in [6.45, 7) is 10.3.